The number of para-hydroxylation sites is 1. The van der Waals surface area contributed by atoms with Gasteiger partial charge >= 0.3 is 5.97 Å². The molecule has 100 valence electrons. The van der Waals surface area contributed by atoms with Crippen LogP contribution in [-0.4, -0.2) is 30.2 Å². The number of nitrogens with one attached hydrogen (secondary N) is 1. The minimum atomic E-state index is -2.48. The number of hydrogen-bond donors (Lipinski definition) is 1. The molecule has 0 heterocycles. The summed E-state index contributed by atoms with van der Waals surface area (Å²) in [5, 5.41) is 2.93. The lowest BCUT2D eigenvalue weighted by atomic mass is 10.3. The summed E-state index contributed by atoms with van der Waals surface area (Å²) >= 11 is 3.61. The van der Waals surface area contributed by atoms with E-state index >= 15 is 0 Å². The first-order valence-corrected chi connectivity index (χ1v) is 6.83. The van der Waals surface area contributed by atoms with Gasteiger partial charge in [-0.1, -0.05) is 39.8 Å². The van der Waals surface area contributed by atoms with Crippen LogP contribution in [0.2, 0.25) is 0 Å². The van der Waals surface area contributed by atoms with E-state index in [1.54, 1.807) is 24.3 Å². The van der Waals surface area contributed by atoms with Crippen molar-refractivity contribution in [3.63, 3.8) is 0 Å². The number of rotatable bonds is 6. The van der Waals surface area contributed by atoms with Crippen LogP contribution in [0.1, 0.15) is 0 Å². The van der Waals surface area contributed by atoms with E-state index in [4.69, 9.17) is 0 Å². The van der Waals surface area contributed by atoms with E-state index in [0.29, 0.717) is 22.3 Å². The number of carbonyl (C=O) groups is 1. The molecule has 0 aliphatic rings. The molecule has 1 N–H and O–H groups in total. The van der Waals surface area contributed by atoms with Gasteiger partial charge in [0.25, 0.3) is 5.76 Å². The van der Waals surface area contributed by atoms with Crippen molar-refractivity contribution in [2.24, 2.45) is 0 Å². The third-order valence-corrected chi connectivity index (χ3v) is 3.52. The Balaban J connectivity index is 2.64. The van der Waals surface area contributed by atoms with Gasteiger partial charge in [-0.2, -0.15) is 8.78 Å². The Morgan fingerprint density at radius 1 is 1.50 bits per heavy atom. The van der Waals surface area contributed by atoms with Crippen LogP contribution in [0.5, 0.6) is 0 Å². The lowest BCUT2D eigenvalue weighted by molar-refractivity contribution is -0.139. The Kier molecular flexibility index (Phi) is 6.42. The number of carbonyl (C=O) groups excluding carboxylic acids is 1. The zero-order chi connectivity index (χ0) is 13.5. The highest BCUT2D eigenvalue weighted by Gasteiger charge is 2.16. The molecule has 1 aromatic carbocycles. The van der Waals surface area contributed by atoms with Crippen molar-refractivity contribution >= 4 is 39.3 Å². The average Bonchev–Trinajstić information content (AvgIpc) is 2.35. The number of esters is 1. The maximum absolute atomic E-state index is 12.3. The summed E-state index contributed by atoms with van der Waals surface area (Å²) in [7, 11) is 1.29. The standard InChI is InChI=1S/C11H12BrF2NO2S/c1-17-10(16)7(12)6-15-8-4-2-3-5-9(8)18-11(13)14/h2-5,7,11,15H,6H2,1H3. The second kappa shape index (κ2) is 7.58. The van der Waals surface area contributed by atoms with Gasteiger partial charge in [-0.15, -0.1) is 0 Å². The van der Waals surface area contributed by atoms with Gasteiger partial charge in [-0.25, -0.2) is 0 Å². The number of alkyl halides is 3. The van der Waals surface area contributed by atoms with Crippen molar-refractivity contribution in [2.45, 2.75) is 15.5 Å². The Bertz CT molecular complexity index is 406. The smallest absolute Gasteiger partial charge is 0.321 e. The number of hydrogen-bond acceptors (Lipinski definition) is 4. The fourth-order valence-electron chi connectivity index (χ4n) is 1.22. The zero-order valence-corrected chi connectivity index (χ0v) is 11.9. The highest BCUT2D eigenvalue weighted by atomic mass is 79.9. The van der Waals surface area contributed by atoms with E-state index in [9.17, 15) is 13.6 Å². The molecule has 0 amide bonds. The molecule has 0 aromatic heterocycles. The molecule has 0 spiro atoms. The summed E-state index contributed by atoms with van der Waals surface area (Å²) in [4.78, 5) is 11.1. The van der Waals surface area contributed by atoms with Crippen LogP contribution in [0.15, 0.2) is 29.2 Å². The van der Waals surface area contributed by atoms with Crippen LogP contribution < -0.4 is 5.32 Å². The average molecular weight is 340 g/mol. The Morgan fingerprint density at radius 3 is 2.78 bits per heavy atom. The molecular weight excluding hydrogens is 328 g/mol. The van der Waals surface area contributed by atoms with Crippen molar-refractivity contribution in [1.29, 1.82) is 0 Å². The molecule has 0 radical (unpaired) electrons. The maximum atomic E-state index is 12.3. The van der Waals surface area contributed by atoms with Gasteiger partial charge < -0.3 is 10.1 Å². The van der Waals surface area contributed by atoms with Crippen molar-refractivity contribution in [2.75, 3.05) is 19.0 Å². The van der Waals surface area contributed by atoms with Gasteiger partial charge in [0, 0.05) is 17.1 Å². The molecule has 1 atom stereocenters. The van der Waals surface area contributed by atoms with E-state index in [2.05, 4.69) is 26.0 Å². The van der Waals surface area contributed by atoms with Crippen LogP contribution >= 0.6 is 27.7 Å². The maximum Gasteiger partial charge on any atom is 0.321 e. The molecule has 0 saturated heterocycles. The first-order chi connectivity index (χ1) is 8.54. The summed E-state index contributed by atoms with van der Waals surface area (Å²) < 4.78 is 29.2. The summed E-state index contributed by atoms with van der Waals surface area (Å²) in [5.74, 6) is -2.89. The summed E-state index contributed by atoms with van der Waals surface area (Å²) in [5.41, 5.74) is 0.566. The van der Waals surface area contributed by atoms with Gasteiger partial charge in [-0.3, -0.25) is 4.79 Å². The molecule has 1 unspecified atom stereocenters. The topological polar surface area (TPSA) is 38.3 Å². The number of methoxy groups -OCH3 is 1. The molecule has 0 aliphatic heterocycles. The number of ether oxygens (including phenoxy) is 1. The molecule has 7 heteroatoms. The van der Waals surface area contributed by atoms with E-state index < -0.39 is 16.6 Å². The Morgan fingerprint density at radius 2 is 2.17 bits per heavy atom. The van der Waals surface area contributed by atoms with Crippen LogP contribution in [0.3, 0.4) is 0 Å². The second-order valence-electron chi connectivity index (χ2n) is 3.25. The largest absolute Gasteiger partial charge is 0.468 e. The van der Waals surface area contributed by atoms with Gasteiger partial charge in [0.15, 0.2) is 0 Å². The minimum Gasteiger partial charge on any atom is -0.468 e. The summed E-state index contributed by atoms with van der Waals surface area (Å²) in [6, 6.07) is 6.70. The van der Waals surface area contributed by atoms with Crippen LogP contribution in [0.4, 0.5) is 14.5 Å². The van der Waals surface area contributed by atoms with Gasteiger partial charge in [0.05, 0.1) is 7.11 Å². The van der Waals surface area contributed by atoms with E-state index in [1.807, 2.05) is 0 Å². The van der Waals surface area contributed by atoms with Crippen molar-refractivity contribution in [1.82, 2.24) is 0 Å². The highest BCUT2D eigenvalue weighted by molar-refractivity contribution is 9.10. The molecular formula is C11H12BrF2NO2S. The molecule has 1 aromatic rings. The van der Waals surface area contributed by atoms with Crippen LogP contribution in [0, 0.1) is 0 Å². The predicted molar refractivity (Wildman–Crippen MR) is 71.5 cm³/mol. The van der Waals surface area contributed by atoms with Gasteiger partial charge in [0.2, 0.25) is 0 Å². The molecule has 0 aliphatic carbocycles. The Labute approximate surface area is 116 Å². The van der Waals surface area contributed by atoms with Crippen molar-refractivity contribution in [3.8, 4) is 0 Å². The lowest BCUT2D eigenvalue weighted by Gasteiger charge is -2.13. The molecule has 3 nitrogen and oxygen atoms in total. The fourth-order valence-corrected chi connectivity index (χ4v) is 2.19. The zero-order valence-electron chi connectivity index (χ0n) is 9.53. The van der Waals surface area contributed by atoms with E-state index in [1.165, 1.54) is 7.11 Å². The van der Waals surface area contributed by atoms with Crippen molar-refractivity contribution < 1.29 is 18.3 Å². The summed E-state index contributed by atoms with van der Waals surface area (Å²) in [6.07, 6.45) is 0. The SMILES string of the molecule is COC(=O)C(Br)CNc1ccccc1SC(F)F. The lowest BCUT2D eigenvalue weighted by Crippen LogP contribution is -2.24. The number of anilines is 1. The highest BCUT2D eigenvalue weighted by Crippen LogP contribution is 2.31. The molecule has 18 heavy (non-hydrogen) atoms. The third-order valence-electron chi connectivity index (χ3n) is 2.03. The van der Waals surface area contributed by atoms with Crippen LogP contribution in [0.25, 0.3) is 0 Å². The number of halogens is 3. The van der Waals surface area contributed by atoms with Crippen molar-refractivity contribution in [3.05, 3.63) is 24.3 Å². The van der Waals surface area contributed by atoms with E-state index in [-0.39, 0.29) is 6.54 Å². The van der Waals surface area contributed by atoms with Crippen LogP contribution in [-0.2, 0) is 9.53 Å². The first-order valence-electron chi connectivity index (χ1n) is 5.04. The second-order valence-corrected chi connectivity index (χ2v) is 5.38. The number of benzene rings is 1. The number of thioether (sulfide) groups is 1. The van der Waals surface area contributed by atoms with Gasteiger partial charge in [-0.05, 0) is 12.1 Å². The minimum absolute atomic E-state index is 0.257. The van der Waals surface area contributed by atoms with Gasteiger partial charge in [0.1, 0.15) is 4.83 Å². The third kappa shape index (κ3) is 4.81. The normalized spacial score (nSPS) is 12.3. The summed E-state index contributed by atoms with van der Waals surface area (Å²) in [6.45, 7) is 0.257. The quantitative estimate of drug-likeness (QED) is 0.490. The first kappa shape index (κ1) is 15.2. The molecule has 1 rings (SSSR count). The molecule has 0 bridgehead atoms. The Hall–Kier alpha value is -0.820. The fraction of sp³-hybridized carbons (Fsp3) is 0.364. The molecule has 0 saturated carbocycles. The predicted octanol–water partition coefficient (Wildman–Crippen LogP) is 3.35. The molecule has 0 fully saturated rings. The monoisotopic (exact) mass is 339 g/mol. The van der Waals surface area contributed by atoms with E-state index in [0.717, 1.165) is 0 Å².